The highest BCUT2D eigenvalue weighted by Crippen LogP contribution is 2.19. The minimum absolute atomic E-state index is 0.0917. The highest BCUT2D eigenvalue weighted by atomic mass is 35.5. The molecule has 14 heteroatoms. The second-order valence-electron chi connectivity index (χ2n) is 8.64. The fourth-order valence-corrected chi connectivity index (χ4v) is 4.86. The van der Waals surface area contributed by atoms with Crippen LogP contribution < -0.4 is 5.32 Å². The lowest BCUT2D eigenvalue weighted by Gasteiger charge is -2.21. The maximum absolute atomic E-state index is 12.6. The van der Waals surface area contributed by atoms with Gasteiger partial charge in [-0.15, -0.1) is 0 Å². The van der Waals surface area contributed by atoms with Gasteiger partial charge in [0.1, 0.15) is 5.84 Å². The van der Waals surface area contributed by atoms with Crippen LogP contribution in [0.1, 0.15) is 23.1 Å². The first-order chi connectivity index (χ1) is 18.2. The summed E-state index contributed by atoms with van der Waals surface area (Å²) in [4.78, 5) is 27.4. The predicted molar refractivity (Wildman–Crippen MR) is 142 cm³/mol. The fraction of sp³-hybridized carbons (Fsp3) is 0.400. The third-order valence-corrected chi connectivity index (χ3v) is 7.89. The second kappa shape index (κ2) is 14.3. The smallest absolute Gasteiger partial charge is 0.475 e. The number of carboxylic acids is 1. The Bertz CT molecular complexity index is 1270. The van der Waals surface area contributed by atoms with Gasteiger partial charge in [0.25, 0.3) is 0 Å². The molecule has 1 aliphatic rings. The zero-order valence-electron chi connectivity index (χ0n) is 21.4. The van der Waals surface area contributed by atoms with Crippen molar-refractivity contribution >= 4 is 39.3 Å². The van der Waals surface area contributed by atoms with Gasteiger partial charge in [0, 0.05) is 50.7 Å². The molecule has 2 N–H and O–H groups in total. The number of alkyl halides is 3. The molecule has 2 aromatic rings. The Morgan fingerprint density at radius 2 is 1.69 bits per heavy atom. The summed E-state index contributed by atoms with van der Waals surface area (Å²) in [6.45, 7) is 2.37. The number of aliphatic imine (C=N–C) groups is 1. The first-order valence-electron chi connectivity index (χ1n) is 11.8. The number of amides is 1. The van der Waals surface area contributed by atoms with E-state index in [1.54, 1.807) is 36.2 Å². The van der Waals surface area contributed by atoms with E-state index in [9.17, 15) is 26.4 Å². The highest BCUT2D eigenvalue weighted by Gasteiger charge is 2.38. The largest absolute Gasteiger partial charge is 0.490 e. The quantitative estimate of drug-likeness (QED) is 0.439. The molecule has 0 aromatic heterocycles. The maximum atomic E-state index is 12.6. The monoisotopic (exact) mass is 590 g/mol. The van der Waals surface area contributed by atoms with Gasteiger partial charge < -0.3 is 15.3 Å². The lowest BCUT2D eigenvalue weighted by Crippen LogP contribution is -2.34. The van der Waals surface area contributed by atoms with E-state index in [4.69, 9.17) is 21.5 Å². The number of sulfonamides is 1. The zero-order chi connectivity index (χ0) is 29.2. The number of rotatable bonds is 10. The number of carbonyl (C=O) groups excluding carboxylic acids is 1. The Morgan fingerprint density at radius 1 is 1.08 bits per heavy atom. The van der Waals surface area contributed by atoms with Crippen LogP contribution in [0, 0.1) is 0 Å². The van der Waals surface area contributed by atoms with Crippen molar-refractivity contribution in [3.63, 3.8) is 0 Å². The SMILES string of the molecule is CN(CCc1ccc(C2=NCCN2)cc1)C(=O)CCN(C)S(=O)(=O)Cc1ccccc1Cl.O=C(O)C(F)(F)F. The van der Waals surface area contributed by atoms with Crippen LogP contribution in [-0.2, 0) is 31.8 Å². The third-order valence-electron chi connectivity index (χ3n) is 5.72. The maximum Gasteiger partial charge on any atom is 0.490 e. The molecule has 39 heavy (non-hydrogen) atoms. The van der Waals surface area contributed by atoms with Gasteiger partial charge in [0.2, 0.25) is 15.9 Å². The second-order valence-corrected chi connectivity index (χ2v) is 11.1. The molecule has 0 spiro atoms. The number of carboxylic acid groups (broad SMARTS) is 1. The van der Waals surface area contributed by atoms with E-state index >= 15 is 0 Å². The Morgan fingerprint density at radius 3 is 2.23 bits per heavy atom. The standard InChI is InChI=1S/C23H29ClN4O3S.C2HF3O2/c1-27(15-11-18-7-9-19(10-8-18)23-25-13-14-26-23)22(29)12-16-28(2)32(30,31)17-20-5-3-4-6-21(20)24;3-2(4,5)1(6)7/h3-10H,11-17H2,1-2H3,(H,25,26);(H,6,7). The normalized spacial score (nSPS) is 13.3. The molecular formula is C25H30ClF3N4O5S. The Labute approximate surface area is 230 Å². The molecule has 0 atom stereocenters. The Hall–Kier alpha value is -3.16. The number of aliphatic carboxylic acids is 1. The van der Waals surface area contributed by atoms with Gasteiger partial charge in [-0.05, 0) is 23.6 Å². The Kier molecular flexibility index (Phi) is 11.7. The van der Waals surface area contributed by atoms with Crippen LogP contribution in [0.4, 0.5) is 13.2 Å². The van der Waals surface area contributed by atoms with E-state index in [2.05, 4.69) is 10.3 Å². The van der Waals surface area contributed by atoms with E-state index in [0.29, 0.717) is 17.1 Å². The summed E-state index contributed by atoms with van der Waals surface area (Å²) in [5, 5.41) is 10.8. The van der Waals surface area contributed by atoms with Gasteiger partial charge in [-0.3, -0.25) is 9.79 Å². The molecule has 3 rings (SSSR count). The minimum Gasteiger partial charge on any atom is -0.475 e. The fourth-order valence-electron chi connectivity index (χ4n) is 3.35. The lowest BCUT2D eigenvalue weighted by molar-refractivity contribution is -0.192. The number of carbonyl (C=O) groups is 2. The van der Waals surface area contributed by atoms with Crippen LogP contribution in [-0.4, -0.2) is 86.9 Å². The molecule has 1 amide bonds. The molecule has 0 fully saturated rings. The number of amidine groups is 1. The molecule has 0 saturated heterocycles. The average Bonchev–Trinajstić information content (AvgIpc) is 3.42. The van der Waals surface area contributed by atoms with E-state index in [0.717, 1.165) is 36.5 Å². The van der Waals surface area contributed by atoms with E-state index in [1.807, 2.05) is 24.3 Å². The minimum atomic E-state index is -5.08. The van der Waals surface area contributed by atoms with Gasteiger partial charge in [-0.2, -0.15) is 13.2 Å². The molecule has 0 radical (unpaired) electrons. The van der Waals surface area contributed by atoms with Gasteiger partial charge in [-0.1, -0.05) is 54.1 Å². The molecular weight excluding hydrogens is 561 g/mol. The van der Waals surface area contributed by atoms with Crippen molar-refractivity contribution in [3.8, 4) is 0 Å². The van der Waals surface area contributed by atoms with Crippen LogP contribution in [0.5, 0.6) is 0 Å². The summed E-state index contributed by atoms with van der Waals surface area (Å²) in [6, 6.07) is 15.0. The van der Waals surface area contributed by atoms with Crippen molar-refractivity contribution in [1.82, 2.24) is 14.5 Å². The van der Waals surface area contributed by atoms with Crippen LogP contribution in [0.3, 0.4) is 0 Å². The molecule has 2 aromatic carbocycles. The van der Waals surface area contributed by atoms with Gasteiger partial charge >= 0.3 is 12.1 Å². The molecule has 0 bridgehead atoms. The predicted octanol–water partition coefficient (Wildman–Crippen LogP) is 3.18. The lowest BCUT2D eigenvalue weighted by atomic mass is 10.1. The number of nitrogens with one attached hydrogen (secondary N) is 1. The summed E-state index contributed by atoms with van der Waals surface area (Å²) >= 11 is 6.08. The number of nitrogens with zero attached hydrogens (tertiary/aromatic N) is 3. The molecule has 0 saturated carbocycles. The number of likely N-dealkylation sites (N-methyl/N-ethyl adjacent to an activating group) is 1. The number of halogens is 4. The summed E-state index contributed by atoms with van der Waals surface area (Å²) in [5.74, 6) is -2.11. The Balaban J connectivity index is 0.000000673. The van der Waals surface area contributed by atoms with Crippen molar-refractivity contribution in [2.24, 2.45) is 4.99 Å². The number of hydrogen-bond donors (Lipinski definition) is 2. The molecule has 1 aliphatic heterocycles. The van der Waals surface area contributed by atoms with E-state index in [-0.39, 0.29) is 24.6 Å². The number of benzene rings is 2. The summed E-state index contributed by atoms with van der Waals surface area (Å²) < 4.78 is 58.2. The molecule has 1 heterocycles. The molecule has 0 unspecified atom stereocenters. The van der Waals surface area contributed by atoms with E-state index < -0.39 is 22.2 Å². The van der Waals surface area contributed by atoms with Crippen molar-refractivity contribution in [3.05, 3.63) is 70.2 Å². The molecule has 0 aliphatic carbocycles. The van der Waals surface area contributed by atoms with Crippen LogP contribution >= 0.6 is 11.6 Å². The van der Waals surface area contributed by atoms with Gasteiger partial charge in [0.05, 0.1) is 12.3 Å². The van der Waals surface area contributed by atoms with Crippen molar-refractivity contribution in [2.75, 3.05) is 40.3 Å². The highest BCUT2D eigenvalue weighted by molar-refractivity contribution is 7.88. The molecule has 214 valence electrons. The van der Waals surface area contributed by atoms with Crippen molar-refractivity contribution in [2.45, 2.75) is 24.8 Å². The first-order valence-corrected chi connectivity index (χ1v) is 13.8. The third kappa shape index (κ3) is 10.5. The van der Waals surface area contributed by atoms with Gasteiger partial charge in [-0.25, -0.2) is 17.5 Å². The zero-order valence-corrected chi connectivity index (χ0v) is 23.0. The van der Waals surface area contributed by atoms with Crippen LogP contribution in [0.25, 0.3) is 0 Å². The van der Waals surface area contributed by atoms with Crippen LogP contribution in [0.15, 0.2) is 53.5 Å². The van der Waals surface area contributed by atoms with Crippen molar-refractivity contribution in [1.29, 1.82) is 0 Å². The summed E-state index contributed by atoms with van der Waals surface area (Å²) in [6.07, 6.45) is -4.23. The number of hydrogen-bond acceptors (Lipinski definition) is 6. The molecule has 9 nitrogen and oxygen atoms in total. The van der Waals surface area contributed by atoms with E-state index in [1.165, 1.54) is 11.4 Å². The average molecular weight is 591 g/mol. The van der Waals surface area contributed by atoms with Gasteiger partial charge in [0.15, 0.2) is 0 Å². The van der Waals surface area contributed by atoms with Crippen LogP contribution in [0.2, 0.25) is 5.02 Å². The summed E-state index contributed by atoms with van der Waals surface area (Å²) in [7, 11) is -0.328. The van der Waals surface area contributed by atoms with Crippen molar-refractivity contribution < 1.29 is 36.3 Å². The first kappa shape index (κ1) is 32.1. The topological polar surface area (TPSA) is 119 Å². The summed E-state index contributed by atoms with van der Waals surface area (Å²) in [5.41, 5.74) is 2.74.